The summed E-state index contributed by atoms with van der Waals surface area (Å²) in [5.41, 5.74) is 2.26. The second-order valence-corrected chi connectivity index (χ2v) is 8.32. The van der Waals surface area contributed by atoms with Gasteiger partial charge in [-0.1, -0.05) is 54.2 Å². The van der Waals surface area contributed by atoms with Gasteiger partial charge in [-0.25, -0.2) is 4.39 Å². The van der Waals surface area contributed by atoms with Crippen LogP contribution < -0.4 is 4.74 Å². The van der Waals surface area contributed by atoms with Gasteiger partial charge in [-0.2, -0.15) is 0 Å². The smallest absolute Gasteiger partial charge is 0.247 e. The van der Waals surface area contributed by atoms with Crippen LogP contribution in [-0.2, 0) is 12.3 Å². The third-order valence-electron chi connectivity index (χ3n) is 5.14. The summed E-state index contributed by atoms with van der Waals surface area (Å²) in [6, 6.07) is 23.9. The maximum atomic E-state index is 14.5. The van der Waals surface area contributed by atoms with Gasteiger partial charge in [-0.15, -0.1) is 20.4 Å². The molecule has 9 heteroatoms. The van der Waals surface area contributed by atoms with E-state index in [1.807, 2.05) is 59.2 Å². The van der Waals surface area contributed by atoms with Crippen LogP contribution in [0.1, 0.15) is 11.5 Å². The molecule has 0 spiro atoms. The Bertz CT molecular complexity index is 1390. The third kappa shape index (κ3) is 4.69. The monoisotopic (exact) mass is 473 g/mol. The lowest BCUT2D eigenvalue weighted by Gasteiger charge is -2.10. The summed E-state index contributed by atoms with van der Waals surface area (Å²) in [7, 11) is 1.62. The van der Waals surface area contributed by atoms with E-state index in [1.165, 1.54) is 17.8 Å². The summed E-state index contributed by atoms with van der Waals surface area (Å²) in [6.07, 6.45) is 0. The molecule has 0 aliphatic rings. The summed E-state index contributed by atoms with van der Waals surface area (Å²) in [5, 5.41) is 17.6. The molecule has 0 N–H and O–H groups in total. The number of rotatable bonds is 8. The Kier molecular flexibility index (Phi) is 6.35. The average molecular weight is 474 g/mol. The molecular weight excluding hydrogens is 453 g/mol. The lowest BCUT2D eigenvalue weighted by molar-refractivity contribution is 0.415. The topological polar surface area (TPSA) is 78.9 Å². The number of ether oxygens (including phenoxy) is 1. The van der Waals surface area contributed by atoms with E-state index < -0.39 is 0 Å². The van der Waals surface area contributed by atoms with Crippen LogP contribution in [0.2, 0.25) is 0 Å². The van der Waals surface area contributed by atoms with Gasteiger partial charge in [0.25, 0.3) is 0 Å². The standard InChI is InChI=1S/C25H20FN5O2S/c1-32-19-13-11-18(12-14-19)24-29-27-22(33-24)16-34-25-30-28-23(20-9-5-6-10-21(20)26)31(25)15-17-7-3-2-4-8-17/h2-14H,15-16H2,1H3. The fourth-order valence-electron chi connectivity index (χ4n) is 3.43. The van der Waals surface area contributed by atoms with Gasteiger partial charge in [0, 0.05) is 5.56 Å². The van der Waals surface area contributed by atoms with Crippen molar-refractivity contribution in [2.24, 2.45) is 0 Å². The van der Waals surface area contributed by atoms with Crippen LogP contribution in [0.15, 0.2) is 88.4 Å². The highest BCUT2D eigenvalue weighted by Crippen LogP contribution is 2.29. The highest BCUT2D eigenvalue weighted by Gasteiger charge is 2.19. The van der Waals surface area contributed by atoms with Crippen molar-refractivity contribution in [3.8, 4) is 28.6 Å². The van der Waals surface area contributed by atoms with Crippen LogP contribution in [-0.4, -0.2) is 32.1 Å². The van der Waals surface area contributed by atoms with Crippen LogP contribution in [0, 0.1) is 5.82 Å². The zero-order valence-electron chi connectivity index (χ0n) is 18.3. The highest BCUT2D eigenvalue weighted by molar-refractivity contribution is 7.98. The Morgan fingerprint density at radius 1 is 0.882 bits per heavy atom. The Labute approximate surface area is 199 Å². The molecule has 0 fully saturated rings. The van der Waals surface area contributed by atoms with E-state index in [4.69, 9.17) is 9.15 Å². The average Bonchev–Trinajstić information content (AvgIpc) is 3.51. The van der Waals surface area contributed by atoms with Gasteiger partial charge in [-0.05, 0) is 42.0 Å². The van der Waals surface area contributed by atoms with E-state index in [1.54, 1.807) is 25.3 Å². The first-order chi connectivity index (χ1) is 16.7. The molecule has 7 nitrogen and oxygen atoms in total. The predicted octanol–water partition coefficient (Wildman–Crippen LogP) is 5.48. The van der Waals surface area contributed by atoms with Crippen molar-refractivity contribution in [1.29, 1.82) is 0 Å². The first-order valence-electron chi connectivity index (χ1n) is 10.5. The fourth-order valence-corrected chi connectivity index (χ4v) is 4.21. The molecule has 0 saturated heterocycles. The minimum absolute atomic E-state index is 0.346. The number of hydrogen-bond acceptors (Lipinski definition) is 7. The lowest BCUT2D eigenvalue weighted by Crippen LogP contribution is -2.05. The summed E-state index contributed by atoms with van der Waals surface area (Å²) < 4.78 is 27.5. The molecule has 5 rings (SSSR count). The minimum atomic E-state index is -0.346. The number of benzene rings is 3. The largest absolute Gasteiger partial charge is 0.497 e. The molecule has 34 heavy (non-hydrogen) atoms. The van der Waals surface area contributed by atoms with Gasteiger partial charge in [0.2, 0.25) is 11.8 Å². The molecule has 5 aromatic rings. The molecule has 0 atom stereocenters. The van der Waals surface area contributed by atoms with Crippen molar-refractivity contribution < 1.29 is 13.5 Å². The molecular formula is C25H20FN5O2S. The van der Waals surface area contributed by atoms with Gasteiger partial charge in [0.15, 0.2) is 11.0 Å². The Hall–Kier alpha value is -3.98. The second-order valence-electron chi connectivity index (χ2n) is 7.38. The third-order valence-corrected chi connectivity index (χ3v) is 6.10. The van der Waals surface area contributed by atoms with Crippen molar-refractivity contribution >= 4 is 11.8 Å². The van der Waals surface area contributed by atoms with Crippen LogP contribution in [0.5, 0.6) is 5.75 Å². The summed E-state index contributed by atoms with van der Waals surface area (Å²) >= 11 is 1.41. The van der Waals surface area contributed by atoms with Gasteiger partial charge in [-0.3, -0.25) is 4.57 Å². The number of aromatic nitrogens is 5. The van der Waals surface area contributed by atoms with Gasteiger partial charge < -0.3 is 9.15 Å². The molecule has 3 aromatic carbocycles. The zero-order valence-corrected chi connectivity index (χ0v) is 19.1. The minimum Gasteiger partial charge on any atom is -0.497 e. The molecule has 0 saturated carbocycles. The highest BCUT2D eigenvalue weighted by atomic mass is 32.2. The van der Waals surface area contributed by atoms with Crippen LogP contribution >= 0.6 is 11.8 Å². The lowest BCUT2D eigenvalue weighted by atomic mass is 10.2. The first-order valence-corrected chi connectivity index (χ1v) is 11.5. The second kappa shape index (κ2) is 9.88. The zero-order chi connectivity index (χ0) is 23.3. The van der Waals surface area contributed by atoms with Gasteiger partial charge in [0.05, 0.1) is 25.0 Å². The summed E-state index contributed by atoms with van der Waals surface area (Å²) in [5.74, 6) is 2.15. The van der Waals surface area contributed by atoms with E-state index >= 15 is 0 Å². The molecule has 2 aromatic heterocycles. The Balaban J connectivity index is 1.39. The number of methoxy groups -OCH3 is 1. The number of thioether (sulfide) groups is 1. The fraction of sp³-hybridized carbons (Fsp3) is 0.120. The van der Waals surface area contributed by atoms with E-state index in [0.717, 1.165) is 16.9 Å². The maximum absolute atomic E-state index is 14.5. The van der Waals surface area contributed by atoms with Gasteiger partial charge in [0.1, 0.15) is 11.6 Å². The van der Waals surface area contributed by atoms with E-state index in [9.17, 15) is 4.39 Å². The summed E-state index contributed by atoms with van der Waals surface area (Å²) in [4.78, 5) is 0. The quantitative estimate of drug-likeness (QED) is 0.276. The molecule has 0 unspecified atom stereocenters. The Morgan fingerprint density at radius 3 is 2.41 bits per heavy atom. The number of halogens is 1. The number of nitrogens with zero attached hydrogens (tertiary/aromatic N) is 5. The van der Waals surface area contributed by atoms with Crippen LogP contribution in [0.3, 0.4) is 0 Å². The Morgan fingerprint density at radius 2 is 1.65 bits per heavy atom. The SMILES string of the molecule is COc1ccc(-c2nnc(CSc3nnc(-c4ccccc4F)n3Cc3ccccc3)o2)cc1. The summed E-state index contributed by atoms with van der Waals surface area (Å²) in [6.45, 7) is 0.501. The van der Waals surface area contributed by atoms with Crippen LogP contribution in [0.4, 0.5) is 4.39 Å². The molecule has 0 aliphatic carbocycles. The normalized spacial score (nSPS) is 11.0. The first kappa shape index (κ1) is 21.8. The molecule has 170 valence electrons. The van der Waals surface area contributed by atoms with E-state index in [-0.39, 0.29) is 5.82 Å². The van der Waals surface area contributed by atoms with Crippen molar-refractivity contribution in [2.45, 2.75) is 17.5 Å². The van der Waals surface area contributed by atoms with Gasteiger partial charge >= 0.3 is 0 Å². The number of hydrogen-bond donors (Lipinski definition) is 0. The molecule has 2 heterocycles. The molecule has 0 aliphatic heterocycles. The van der Waals surface area contributed by atoms with E-state index in [2.05, 4.69) is 20.4 Å². The molecule has 0 amide bonds. The predicted molar refractivity (Wildman–Crippen MR) is 127 cm³/mol. The maximum Gasteiger partial charge on any atom is 0.247 e. The molecule has 0 bridgehead atoms. The van der Waals surface area contributed by atoms with E-state index in [0.29, 0.717) is 40.6 Å². The van der Waals surface area contributed by atoms with Crippen molar-refractivity contribution in [2.75, 3.05) is 7.11 Å². The van der Waals surface area contributed by atoms with Crippen LogP contribution in [0.25, 0.3) is 22.8 Å². The van der Waals surface area contributed by atoms with Crippen molar-refractivity contribution in [3.63, 3.8) is 0 Å². The van der Waals surface area contributed by atoms with Crippen molar-refractivity contribution in [3.05, 3.63) is 96.1 Å². The molecule has 0 radical (unpaired) electrons. The van der Waals surface area contributed by atoms with Crippen molar-refractivity contribution in [1.82, 2.24) is 25.0 Å².